The molecule has 0 atom stereocenters. The van der Waals surface area contributed by atoms with Crippen LogP contribution in [-0.2, 0) is 11.3 Å². The van der Waals surface area contributed by atoms with E-state index >= 15 is 0 Å². The normalized spacial score (nSPS) is 13.8. The van der Waals surface area contributed by atoms with Gasteiger partial charge in [-0.15, -0.1) is 0 Å². The molecule has 1 aliphatic rings. The average Bonchev–Trinajstić information content (AvgIpc) is 2.73. The van der Waals surface area contributed by atoms with Gasteiger partial charge in [-0.25, -0.2) is 4.79 Å². The van der Waals surface area contributed by atoms with Crippen LogP contribution >= 0.6 is 0 Å². The van der Waals surface area contributed by atoms with E-state index in [1.54, 1.807) is 7.05 Å². The van der Waals surface area contributed by atoms with E-state index in [9.17, 15) is 9.59 Å². The quantitative estimate of drug-likeness (QED) is 0.712. The minimum Gasteiger partial charge on any atom is -0.465 e. The molecule has 7 nitrogen and oxygen atoms in total. The van der Waals surface area contributed by atoms with Crippen molar-refractivity contribution in [2.24, 2.45) is 0 Å². The second-order valence-electron chi connectivity index (χ2n) is 6.89. The first kappa shape index (κ1) is 19.7. The Hall–Kier alpha value is -3.06. The summed E-state index contributed by atoms with van der Waals surface area (Å²) in [6.07, 6.45) is -1.20. The van der Waals surface area contributed by atoms with E-state index in [0.717, 1.165) is 42.9 Å². The number of amides is 2. The number of nitrogens with one attached hydrogen (secondary N) is 2. The smallest absolute Gasteiger partial charge is 0.405 e. The lowest BCUT2D eigenvalue weighted by atomic mass is 10.0. The maximum absolute atomic E-state index is 12.0. The third kappa shape index (κ3) is 5.23. The second-order valence-corrected chi connectivity index (χ2v) is 6.89. The molecule has 0 aliphatic carbocycles. The van der Waals surface area contributed by atoms with Crippen LogP contribution in [0.2, 0.25) is 0 Å². The molecular formula is C21H26N4O3. The van der Waals surface area contributed by atoms with Gasteiger partial charge >= 0.3 is 6.09 Å². The Bertz CT molecular complexity index is 817. The highest BCUT2D eigenvalue weighted by atomic mass is 16.4. The van der Waals surface area contributed by atoms with E-state index in [1.807, 2.05) is 12.1 Å². The van der Waals surface area contributed by atoms with Crippen molar-refractivity contribution in [3.63, 3.8) is 0 Å². The van der Waals surface area contributed by atoms with Crippen LogP contribution in [0, 0.1) is 0 Å². The van der Waals surface area contributed by atoms with Crippen LogP contribution < -0.4 is 15.5 Å². The Morgan fingerprint density at radius 3 is 2.50 bits per heavy atom. The van der Waals surface area contributed by atoms with Gasteiger partial charge in [0.25, 0.3) is 0 Å². The molecule has 1 fully saturated rings. The minimum absolute atomic E-state index is 0.223. The summed E-state index contributed by atoms with van der Waals surface area (Å²) in [5, 5.41) is 14.1. The van der Waals surface area contributed by atoms with Crippen LogP contribution in [0.15, 0.2) is 48.5 Å². The number of carbonyl (C=O) groups is 2. The lowest BCUT2D eigenvalue weighted by Gasteiger charge is -2.29. The highest BCUT2D eigenvalue weighted by Gasteiger charge is 2.12. The monoisotopic (exact) mass is 382 g/mol. The summed E-state index contributed by atoms with van der Waals surface area (Å²) in [5.41, 5.74) is 4.45. The van der Waals surface area contributed by atoms with E-state index in [2.05, 4.69) is 51.9 Å². The SMILES string of the molecule is CN(Cc1cccc(-c2ccc(N3CCNCC3)cc2)c1)C(=O)CNC(=O)O. The van der Waals surface area contributed by atoms with Gasteiger partial charge in [-0.05, 0) is 34.9 Å². The lowest BCUT2D eigenvalue weighted by molar-refractivity contribution is -0.129. The molecule has 1 saturated heterocycles. The molecule has 3 N–H and O–H groups in total. The van der Waals surface area contributed by atoms with E-state index in [4.69, 9.17) is 5.11 Å². The van der Waals surface area contributed by atoms with Gasteiger partial charge in [0.05, 0.1) is 0 Å². The van der Waals surface area contributed by atoms with Gasteiger partial charge < -0.3 is 25.5 Å². The third-order valence-electron chi connectivity index (χ3n) is 4.85. The molecule has 0 unspecified atom stereocenters. The van der Waals surface area contributed by atoms with E-state index < -0.39 is 6.09 Å². The predicted molar refractivity (Wildman–Crippen MR) is 109 cm³/mol. The number of benzene rings is 2. The van der Waals surface area contributed by atoms with Crippen LogP contribution in [-0.4, -0.2) is 61.8 Å². The Morgan fingerprint density at radius 2 is 1.82 bits per heavy atom. The summed E-state index contributed by atoms with van der Waals surface area (Å²) >= 11 is 0. The molecule has 2 aromatic rings. The summed E-state index contributed by atoms with van der Waals surface area (Å²) in [6.45, 7) is 4.26. The van der Waals surface area contributed by atoms with Crippen molar-refractivity contribution in [3.05, 3.63) is 54.1 Å². The topological polar surface area (TPSA) is 84.9 Å². The van der Waals surface area contributed by atoms with Crippen molar-refractivity contribution < 1.29 is 14.7 Å². The number of anilines is 1. The number of hydrogen-bond donors (Lipinski definition) is 3. The molecule has 0 saturated carbocycles. The molecule has 0 spiro atoms. The van der Waals surface area contributed by atoms with E-state index in [1.165, 1.54) is 10.6 Å². The van der Waals surface area contributed by atoms with Gasteiger partial charge in [0.15, 0.2) is 0 Å². The van der Waals surface area contributed by atoms with E-state index in [-0.39, 0.29) is 12.5 Å². The summed E-state index contributed by atoms with van der Waals surface area (Å²) < 4.78 is 0. The zero-order valence-electron chi connectivity index (χ0n) is 16.0. The summed E-state index contributed by atoms with van der Waals surface area (Å²) in [7, 11) is 1.67. The van der Waals surface area contributed by atoms with Crippen LogP contribution in [0.5, 0.6) is 0 Å². The van der Waals surface area contributed by atoms with Crippen LogP contribution in [0.1, 0.15) is 5.56 Å². The number of carboxylic acid groups (broad SMARTS) is 1. The van der Waals surface area contributed by atoms with Crippen LogP contribution in [0.25, 0.3) is 11.1 Å². The second kappa shape index (κ2) is 9.23. The maximum atomic E-state index is 12.0. The largest absolute Gasteiger partial charge is 0.465 e. The fourth-order valence-electron chi connectivity index (χ4n) is 3.29. The van der Waals surface area contributed by atoms with Gasteiger partial charge in [-0.2, -0.15) is 0 Å². The maximum Gasteiger partial charge on any atom is 0.405 e. The van der Waals surface area contributed by atoms with E-state index in [0.29, 0.717) is 6.54 Å². The number of piperazine rings is 1. The highest BCUT2D eigenvalue weighted by Crippen LogP contribution is 2.24. The zero-order chi connectivity index (χ0) is 19.9. The van der Waals surface area contributed by atoms with Gasteiger partial charge in [0.2, 0.25) is 5.91 Å². The fourth-order valence-corrected chi connectivity index (χ4v) is 3.29. The number of rotatable bonds is 6. The van der Waals surface area contributed by atoms with Crippen LogP contribution in [0.3, 0.4) is 0 Å². The molecule has 1 aliphatic heterocycles. The minimum atomic E-state index is -1.20. The Morgan fingerprint density at radius 1 is 1.11 bits per heavy atom. The van der Waals surface area contributed by atoms with Crippen LogP contribution in [0.4, 0.5) is 10.5 Å². The zero-order valence-corrected chi connectivity index (χ0v) is 16.0. The summed E-state index contributed by atoms with van der Waals surface area (Å²) in [4.78, 5) is 26.4. The first-order valence-electron chi connectivity index (χ1n) is 9.39. The third-order valence-corrected chi connectivity index (χ3v) is 4.85. The molecular weight excluding hydrogens is 356 g/mol. The Labute approximate surface area is 165 Å². The molecule has 2 aromatic carbocycles. The molecule has 28 heavy (non-hydrogen) atoms. The molecule has 0 bridgehead atoms. The fraction of sp³-hybridized carbons (Fsp3) is 0.333. The standard InChI is InChI=1S/C21H26N4O3/c1-24(20(26)14-23-21(27)28)15-16-3-2-4-18(13-16)17-5-7-19(8-6-17)25-11-9-22-10-12-25/h2-8,13,22-23H,9-12,14-15H2,1H3,(H,27,28). The number of carbonyl (C=O) groups excluding carboxylic acids is 1. The molecule has 0 aromatic heterocycles. The van der Waals surface area contributed by atoms with Crippen molar-refractivity contribution in [3.8, 4) is 11.1 Å². The molecule has 7 heteroatoms. The average molecular weight is 382 g/mol. The number of likely N-dealkylation sites (N-methyl/N-ethyl adjacent to an activating group) is 1. The van der Waals surface area contributed by atoms with Crippen molar-refractivity contribution in [2.75, 3.05) is 44.7 Å². The lowest BCUT2D eigenvalue weighted by Crippen LogP contribution is -2.43. The van der Waals surface area contributed by atoms with Crippen molar-refractivity contribution in [1.29, 1.82) is 0 Å². The first-order chi connectivity index (χ1) is 13.5. The highest BCUT2D eigenvalue weighted by molar-refractivity contribution is 5.81. The van der Waals surface area contributed by atoms with Gasteiger partial charge in [0.1, 0.15) is 6.54 Å². The van der Waals surface area contributed by atoms with Gasteiger partial charge in [0, 0.05) is 45.5 Å². The molecule has 148 valence electrons. The van der Waals surface area contributed by atoms with Crippen molar-refractivity contribution in [1.82, 2.24) is 15.5 Å². The molecule has 2 amide bonds. The van der Waals surface area contributed by atoms with Gasteiger partial charge in [-0.1, -0.05) is 30.3 Å². The van der Waals surface area contributed by atoms with Crippen molar-refractivity contribution in [2.45, 2.75) is 6.54 Å². The van der Waals surface area contributed by atoms with Crippen molar-refractivity contribution >= 4 is 17.7 Å². The summed E-state index contributed by atoms with van der Waals surface area (Å²) in [6, 6.07) is 16.6. The number of hydrogen-bond acceptors (Lipinski definition) is 4. The molecule has 3 rings (SSSR count). The summed E-state index contributed by atoms with van der Waals surface area (Å²) in [5.74, 6) is -0.270. The Kier molecular flexibility index (Phi) is 6.49. The predicted octanol–water partition coefficient (Wildman–Crippen LogP) is 1.99. The van der Waals surface area contributed by atoms with Gasteiger partial charge in [-0.3, -0.25) is 4.79 Å². The Balaban J connectivity index is 1.65. The molecule has 1 heterocycles. The molecule has 0 radical (unpaired) electrons. The number of nitrogens with zero attached hydrogens (tertiary/aromatic N) is 2. The first-order valence-corrected chi connectivity index (χ1v) is 9.39.